The normalized spacial score (nSPS) is 35.5. The van der Waals surface area contributed by atoms with E-state index in [9.17, 15) is 9.90 Å². The highest BCUT2D eigenvalue weighted by atomic mass is 16.5. The number of rotatable bonds is 4. The first-order valence-electron chi connectivity index (χ1n) is 7.67. The van der Waals surface area contributed by atoms with Gasteiger partial charge in [0.1, 0.15) is 5.78 Å². The zero-order chi connectivity index (χ0) is 14.8. The summed E-state index contributed by atoms with van der Waals surface area (Å²) in [6.45, 7) is 4.34. The van der Waals surface area contributed by atoms with Crippen LogP contribution in [0, 0.1) is 17.8 Å². The number of carbonyl (C=O) groups excluding carboxylic acids is 1. The minimum absolute atomic E-state index is 0.0315. The summed E-state index contributed by atoms with van der Waals surface area (Å²) in [7, 11) is 0. The molecule has 0 aliphatic heterocycles. The molecule has 1 aromatic carbocycles. The molecule has 2 fully saturated rings. The van der Waals surface area contributed by atoms with E-state index in [0.717, 1.165) is 12.0 Å². The molecule has 0 aromatic heterocycles. The van der Waals surface area contributed by atoms with Gasteiger partial charge in [0, 0.05) is 18.8 Å². The van der Waals surface area contributed by atoms with E-state index in [1.165, 1.54) is 0 Å². The number of hydrogen-bond donors (Lipinski definition) is 1. The molecule has 21 heavy (non-hydrogen) atoms. The lowest BCUT2D eigenvalue weighted by Crippen LogP contribution is -2.45. The van der Waals surface area contributed by atoms with Gasteiger partial charge in [0.25, 0.3) is 0 Å². The molecule has 3 heteroatoms. The number of ketones is 1. The van der Waals surface area contributed by atoms with Gasteiger partial charge in [-0.05, 0) is 23.8 Å². The molecule has 0 bridgehead atoms. The summed E-state index contributed by atoms with van der Waals surface area (Å²) in [6.07, 6.45) is 3.03. The molecule has 3 nitrogen and oxygen atoms in total. The van der Waals surface area contributed by atoms with Gasteiger partial charge in [-0.1, -0.05) is 36.4 Å². The largest absolute Gasteiger partial charge is 0.390 e. The molecular formula is C18H22O3. The van der Waals surface area contributed by atoms with Gasteiger partial charge in [0.2, 0.25) is 0 Å². The van der Waals surface area contributed by atoms with Gasteiger partial charge < -0.3 is 9.84 Å². The summed E-state index contributed by atoms with van der Waals surface area (Å²) in [6, 6.07) is 9.97. The zero-order valence-corrected chi connectivity index (χ0v) is 12.2. The summed E-state index contributed by atoms with van der Waals surface area (Å²) < 4.78 is 5.95. The van der Waals surface area contributed by atoms with Gasteiger partial charge in [0.05, 0.1) is 18.8 Å². The number of carbonyl (C=O) groups is 1. The van der Waals surface area contributed by atoms with E-state index >= 15 is 0 Å². The highest BCUT2D eigenvalue weighted by Crippen LogP contribution is 2.45. The third-order valence-corrected chi connectivity index (χ3v) is 4.94. The van der Waals surface area contributed by atoms with Crippen LogP contribution in [0.4, 0.5) is 0 Å². The first-order chi connectivity index (χ1) is 10.2. The second-order valence-corrected chi connectivity index (χ2v) is 6.25. The van der Waals surface area contributed by atoms with E-state index in [2.05, 4.69) is 6.58 Å². The van der Waals surface area contributed by atoms with Crippen molar-refractivity contribution in [2.45, 2.75) is 38.1 Å². The Hall–Kier alpha value is -1.45. The van der Waals surface area contributed by atoms with Gasteiger partial charge in [0.15, 0.2) is 0 Å². The van der Waals surface area contributed by atoms with Crippen molar-refractivity contribution in [1.29, 1.82) is 0 Å². The Morgan fingerprint density at radius 2 is 2.05 bits per heavy atom. The van der Waals surface area contributed by atoms with E-state index in [1.807, 2.05) is 30.3 Å². The van der Waals surface area contributed by atoms with Crippen LogP contribution in [-0.4, -0.2) is 23.1 Å². The van der Waals surface area contributed by atoms with E-state index in [1.54, 1.807) is 6.08 Å². The quantitative estimate of drug-likeness (QED) is 0.866. The number of hydrogen-bond acceptors (Lipinski definition) is 3. The number of ether oxygens (including phenoxy) is 1. The molecule has 0 saturated heterocycles. The van der Waals surface area contributed by atoms with Crippen molar-refractivity contribution < 1.29 is 14.6 Å². The maximum absolute atomic E-state index is 11.7. The fourth-order valence-electron chi connectivity index (χ4n) is 3.86. The summed E-state index contributed by atoms with van der Waals surface area (Å²) in [5, 5.41) is 10.5. The average molecular weight is 286 g/mol. The van der Waals surface area contributed by atoms with E-state index in [-0.39, 0.29) is 17.9 Å². The van der Waals surface area contributed by atoms with Crippen LogP contribution < -0.4 is 0 Å². The minimum atomic E-state index is -0.557. The molecule has 0 spiro atoms. The summed E-state index contributed by atoms with van der Waals surface area (Å²) >= 11 is 0. The van der Waals surface area contributed by atoms with Crippen LogP contribution in [0.1, 0.15) is 24.8 Å². The first-order valence-corrected chi connectivity index (χ1v) is 7.67. The van der Waals surface area contributed by atoms with Crippen molar-refractivity contribution in [2.75, 3.05) is 0 Å². The Morgan fingerprint density at radius 1 is 1.29 bits per heavy atom. The van der Waals surface area contributed by atoms with Gasteiger partial charge in [-0.2, -0.15) is 0 Å². The van der Waals surface area contributed by atoms with Gasteiger partial charge >= 0.3 is 0 Å². The predicted molar refractivity (Wildman–Crippen MR) is 80.6 cm³/mol. The van der Waals surface area contributed by atoms with E-state index < -0.39 is 6.10 Å². The Labute approximate surface area is 125 Å². The maximum atomic E-state index is 11.7. The first kappa shape index (κ1) is 14.5. The molecule has 1 unspecified atom stereocenters. The average Bonchev–Trinajstić information content (AvgIpc) is 2.86. The number of Topliss-reactive ketones (excluding diaryl/α,β-unsaturated/α-hetero) is 1. The van der Waals surface area contributed by atoms with Crippen LogP contribution in [-0.2, 0) is 16.1 Å². The molecule has 0 amide bonds. The Kier molecular flexibility index (Phi) is 4.22. The lowest BCUT2D eigenvalue weighted by atomic mass is 9.71. The zero-order valence-electron chi connectivity index (χ0n) is 12.2. The number of aliphatic hydroxyl groups excluding tert-OH is 1. The summed E-state index contributed by atoms with van der Waals surface area (Å²) in [5.74, 6) is 0.870. The lowest BCUT2D eigenvalue weighted by molar-refractivity contribution is -0.117. The van der Waals surface area contributed by atoms with Crippen LogP contribution in [0.3, 0.4) is 0 Å². The maximum Gasteiger partial charge on any atom is 0.133 e. The predicted octanol–water partition coefficient (Wildman–Crippen LogP) is 2.73. The SMILES string of the molecule is C=C[C@H]1C2CC(=O)C[C@@H]2C[C@@H](OCc2ccccc2)[C@@H]1O. The van der Waals surface area contributed by atoms with Crippen LogP contribution in [0.15, 0.2) is 43.0 Å². The second-order valence-electron chi connectivity index (χ2n) is 6.25. The van der Waals surface area contributed by atoms with Crippen LogP contribution in [0.25, 0.3) is 0 Å². The standard InChI is InChI=1S/C18H22O3/c1-2-15-16-10-14(19)8-13(16)9-17(18(15)20)21-11-12-6-4-3-5-7-12/h2-7,13,15-18,20H,1,8-11H2/t13-,15+,16?,17-,18-/m1/s1. The van der Waals surface area contributed by atoms with Crippen molar-refractivity contribution in [1.82, 2.24) is 0 Å². The third kappa shape index (κ3) is 2.94. The van der Waals surface area contributed by atoms with Gasteiger partial charge in [-0.3, -0.25) is 4.79 Å². The van der Waals surface area contributed by atoms with Crippen LogP contribution >= 0.6 is 0 Å². The number of aliphatic hydroxyl groups is 1. The highest BCUT2D eigenvalue weighted by Gasteiger charge is 2.47. The Balaban J connectivity index is 1.68. The summed E-state index contributed by atoms with van der Waals surface area (Å²) in [4.78, 5) is 11.7. The van der Waals surface area contributed by atoms with E-state index in [0.29, 0.717) is 31.1 Å². The minimum Gasteiger partial charge on any atom is -0.390 e. The fraction of sp³-hybridized carbons (Fsp3) is 0.500. The van der Waals surface area contributed by atoms with Crippen molar-refractivity contribution in [2.24, 2.45) is 17.8 Å². The van der Waals surface area contributed by atoms with Crippen molar-refractivity contribution in [3.63, 3.8) is 0 Å². The van der Waals surface area contributed by atoms with Crippen molar-refractivity contribution in [3.05, 3.63) is 48.6 Å². The summed E-state index contributed by atoms with van der Waals surface area (Å²) in [5.41, 5.74) is 1.10. The number of fused-ring (bicyclic) bond motifs is 1. The Bertz CT molecular complexity index is 510. The molecule has 2 saturated carbocycles. The topological polar surface area (TPSA) is 46.5 Å². The Morgan fingerprint density at radius 3 is 2.76 bits per heavy atom. The van der Waals surface area contributed by atoms with Crippen LogP contribution in [0.5, 0.6) is 0 Å². The number of benzene rings is 1. The molecular weight excluding hydrogens is 264 g/mol. The van der Waals surface area contributed by atoms with Crippen molar-refractivity contribution >= 4 is 5.78 Å². The molecule has 1 N–H and O–H groups in total. The van der Waals surface area contributed by atoms with Gasteiger partial charge in [-0.25, -0.2) is 0 Å². The molecule has 112 valence electrons. The van der Waals surface area contributed by atoms with E-state index in [4.69, 9.17) is 4.74 Å². The van der Waals surface area contributed by atoms with Crippen LogP contribution in [0.2, 0.25) is 0 Å². The fourth-order valence-corrected chi connectivity index (χ4v) is 3.86. The van der Waals surface area contributed by atoms with Crippen molar-refractivity contribution in [3.8, 4) is 0 Å². The molecule has 3 rings (SSSR count). The highest BCUT2D eigenvalue weighted by molar-refractivity contribution is 5.81. The molecule has 2 aliphatic rings. The monoisotopic (exact) mass is 286 g/mol. The second kappa shape index (κ2) is 6.12. The molecule has 0 heterocycles. The molecule has 5 atom stereocenters. The molecule has 0 radical (unpaired) electrons. The van der Waals surface area contributed by atoms with Gasteiger partial charge in [-0.15, -0.1) is 6.58 Å². The lowest BCUT2D eigenvalue weighted by Gasteiger charge is -2.40. The smallest absolute Gasteiger partial charge is 0.133 e. The molecule has 2 aliphatic carbocycles. The third-order valence-electron chi connectivity index (χ3n) is 4.94. The molecule has 1 aromatic rings.